The number of nitrogens with one attached hydrogen (secondary N) is 3. The molecule has 0 aliphatic carbocycles. The Morgan fingerprint density at radius 1 is 0.958 bits per heavy atom. The maximum Gasteiger partial charge on any atom is 0.407 e. The zero-order chi connectivity index (χ0) is 35.4. The highest BCUT2D eigenvalue weighted by atomic mass is 35.5. The molecule has 0 unspecified atom stereocenters. The van der Waals surface area contributed by atoms with E-state index >= 15 is 0 Å². The first-order chi connectivity index (χ1) is 22.8. The predicted molar refractivity (Wildman–Crippen MR) is 172 cm³/mol. The van der Waals surface area contributed by atoms with E-state index in [4.69, 9.17) is 40.0 Å². The van der Waals surface area contributed by atoms with Crippen molar-refractivity contribution < 1.29 is 58.1 Å². The number of aliphatic hydroxyl groups excluding tert-OH is 3. The van der Waals surface area contributed by atoms with Crippen LogP contribution in [-0.4, -0.2) is 110 Å². The third kappa shape index (κ3) is 11.4. The number of ether oxygens (including phenoxy) is 6. The van der Waals surface area contributed by atoms with E-state index in [1.54, 1.807) is 45.0 Å². The molecular weight excluding hydrogens is 654 g/mol. The monoisotopic (exact) mass is 697 g/mol. The molecule has 1 fully saturated rings. The number of alkyl carbamates (subject to hydrolysis) is 1. The van der Waals surface area contributed by atoms with Gasteiger partial charge in [-0.25, -0.2) is 4.79 Å². The third-order valence-electron chi connectivity index (χ3n) is 6.94. The van der Waals surface area contributed by atoms with Gasteiger partial charge in [0, 0.05) is 26.3 Å². The number of hydrogen-bond acceptors (Lipinski definition) is 12. The zero-order valence-electron chi connectivity index (χ0n) is 27.5. The topological polar surface area (TPSA) is 203 Å². The molecule has 1 saturated heterocycles. The van der Waals surface area contributed by atoms with Gasteiger partial charge in [-0.15, -0.1) is 0 Å². The Morgan fingerprint density at radius 2 is 1.65 bits per heavy atom. The van der Waals surface area contributed by atoms with E-state index < -0.39 is 54.9 Å². The number of hydrogen-bond donors (Lipinski definition) is 6. The Bertz CT molecular complexity index is 1370. The van der Waals surface area contributed by atoms with Gasteiger partial charge < -0.3 is 59.7 Å². The third-order valence-corrected chi connectivity index (χ3v) is 7.24. The van der Waals surface area contributed by atoms with Crippen molar-refractivity contribution in [2.45, 2.75) is 70.0 Å². The molecule has 3 amide bonds. The normalized spacial score (nSPS) is 20.7. The molecule has 5 atom stereocenters. The highest BCUT2D eigenvalue weighted by molar-refractivity contribution is 6.32. The van der Waals surface area contributed by atoms with E-state index in [1.807, 2.05) is 0 Å². The summed E-state index contributed by atoms with van der Waals surface area (Å²) >= 11 is 6.43. The van der Waals surface area contributed by atoms with E-state index in [-0.39, 0.29) is 41.2 Å². The van der Waals surface area contributed by atoms with Crippen molar-refractivity contribution in [3.05, 3.63) is 52.5 Å². The number of halogens is 1. The van der Waals surface area contributed by atoms with Crippen LogP contribution in [-0.2, 0) is 25.6 Å². The first-order valence-electron chi connectivity index (χ1n) is 15.2. The van der Waals surface area contributed by atoms with Crippen LogP contribution < -0.4 is 30.2 Å². The van der Waals surface area contributed by atoms with Gasteiger partial charge in [0.05, 0.1) is 24.3 Å². The van der Waals surface area contributed by atoms with Crippen LogP contribution in [0.25, 0.3) is 0 Å². The van der Waals surface area contributed by atoms with E-state index in [1.165, 1.54) is 26.4 Å². The Labute approximate surface area is 283 Å². The van der Waals surface area contributed by atoms with Gasteiger partial charge in [-0.1, -0.05) is 23.7 Å². The highest BCUT2D eigenvalue weighted by Crippen LogP contribution is 2.34. The van der Waals surface area contributed by atoms with Crippen LogP contribution in [0.4, 0.5) is 4.79 Å². The van der Waals surface area contributed by atoms with E-state index in [9.17, 15) is 29.7 Å². The van der Waals surface area contributed by atoms with Gasteiger partial charge >= 0.3 is 6.09 Å². The average Bonchev–Trinajstić information content (AvgIpc) is 3.04. The molecule has 48 heavy (non-hydrogen) atoms. The zero-order valence-corrected chi connectivity index (χ0v) is 28.2. The molecular formula is C32H44ClN3O12. The number of amides is 3. The Morgan fingerprint density at radius 3 is 2.27 bits per heavy atom. The van der Waals surface area contributed by atoms with Crippen LogP contribution in [0.3, 0.4) is 0 Å². The van der Waals surface area contributed by atoms with Crippen molar-refractivity contribution in [3.63, 3.8) is 0 Å². The lowest BCUT2D eigenvalue weighted by atomic mass is 9.96. The van der Waals surface area contributed by atoms with Crippen LogP contribution >= 0.6 is 11.6 Å². The Balaban J connectivity index is 1.48. The molecule has 0 saturated carbocycles. The number of carbonyl (C=O) groups excluding carboxylic acids is 3. The highest BCUT2D eigenvalue weighted by Gasteiger charge is 2.45. The van der Waals surface area contributed by atoms with Gasteiger partial charge in [-0.2, -0.15) is 0 Å². The second-order valence-electron chi connectivity index (χ2n) is 11.8. The lowest BCUT2D eigenvalue weighted by molar-refractivity contribution is -0.261. The molecule has 266 valence electrons. The SMILES string of the molecule is COc1cc(OCc2ccc(OCC(=O)NCCCNC(=O)OC(C)(C)C)cc2)c(Cl)cc1C(=O)N[C@H]1[C@@H](OC)O[C@H](CO)[C@@H](O)[C@@H]1O. The Hall–Kier alpha value is -3.86. The number of benzene rings is 2. The molecule has 2 aromatic carbocycles. The van der Waals surface area contributed by atoms with Crippen LogP contribution in [0.1, 0.15) is 43.1 Å². The van der Waals surface area contributed by atoms with E-state index in [0.717, 1.165) is 5.56 Å². The minimum absolute atomic E-state index is 0.0266. The standard InChI is InChI=1S/C32H44ClN3O12/c1-32(2,3)48-31(42)35-12-6-11-34-25(38)17-45-19-9-7-18(8-10-19)16-46-23-14-22(43-4)20(13-21(23)33)29(41)36-26-28(40)27(39)24(15-37)47-30(26)44-5/h7-10,13-14,24,26-28,30,37,39-40H,6,11-12,15-17H2,1-5H3,(H,34,38)(H,35,42)(H,36,41)/t24-,26-,27-,28-,30+/m1/s1. The summed E-state index contributed by atoms with van der Waals surface area (Å²) in [5.41, 5.74) is 0.210. The summed E-state index contributed by atoms with van der Waals surface area (Å²) in [6, 6.07) is 8.49. The van der Waals surface area contributed by atoms with Crippen LogP contribution in [0, 0.1) is 0 Å². The predicted octanol–water partition coefficient (Wildman–Crippen LogP) is 1.52. The van der Waals surface area contributed by atoms with E-state index in [2.05, 4.69) is 16.0 Å². The quantitative estimate of drug-likeness (QED) is 0.147. The first kappa shape index (κ1) is 38.6. The number of aliphatic hydroxyl groups is 3. The van der Waals surface area contributed by atoms with Crippen LogP contribution in [0.5, 0.6) is 17.2 Å². The summed E-state index contributed by atoms with van der Waals surface area (Å²) in [6.07, 6.45) is -5.18. The minimum atomic E-state index is -1.49. The molecule has 0 radical (unpaired) electrons. The van der Waals surface area contributed by atoms with Gasteiger partial charge in [0.25, 0.3) is 11.8 Å². The van der Waals surface area contributed by atoms with Crippen LogP contribution in [0.15, 0.2) is 36.4 Å². The fraction of sp³-hybridized carbons (Fsp3) is 0.531. The molecule has 16 heteroatoms. The smallest absolute Gasteiger partial charge is 0.407 e. The van der Waals surface area contributed by atoms with Gasteiger partial charge in [0.2, 0.25) is 0 Å². The fourth-order valence-corrected chi connectivity index (χ4v) is 4.74. The molecule has 6 N–H and O–H groups in total. The van der Waals surface area contributed by atoms with E-state index in [0.29, 0.717) is 25.3 Å². The van der Waals surface area contributed by atoms with Crippen molar-refractivity contribution in [3.8, 4) is 17.2 Å². The molecule has 0 spiro atoms. The molecule has 15 nitrogen and oxygen atoms in total. The molecule has 1 heterocycles. The number of carbonyl (C=O) groups is 3. The average molecular weight is 698 g/mol. The summed E-state index contributed by atoms with van der Waals surface area (Å²) < 4.78 is 32.6. The molecule has 2 aromatic rings. The van der Waals surface area contributed by atoms with Crippen molar-refractivity contribution in [2.24, 2.45) is 0 Å². The van der Waals surface area contributed by atoms with Crippen molar-refractivity contribution in [1.82, 2.24) is 16.0 Å². The second-order valence-corrected chi connectivity index (χ2v) is 12.2. The minimum Gasteiger partial charge on any atom is -0.496 e. The molecule has 1 aliphatic rings. The summed E-state index contributed by atoms with van der Waals surface area (Å²) in [5, 5.41) is 38.2. The lowest BCUT2D eigenvalue weighted by Crippen LogP contribution is -2.64. The van der Waals surface area contributed by atoms with Gasteiger partial charge in [0.15, 0.2) is 12.9 Å². The molecule has 1 aliphatic heterocycles. The number of rotatable bonds is 15. The largest absolute Gasteiger partial charge is 0.496 e. The van der Waals surface area contributed by atoms with Gasteiger partial charge in [-0.05, 0) is 51.0 Å². The lowest BCUT2D eigenvalue weighted by Gasteiger charge is -2.41. The first-order valence-corrected chi connectivity index (χ1v) is 15.6. The van der Waals surface area contributed by atoms with Crippen LogP contribution in [0.2, 0.25) is 5.02 Å². The molecule has 0 aromatic heterocycles. The van der Waals surface area contributed by atoms with Crippen molar-refractivity contribution >= 4 is 29.5 Å². The summed E-state index contributed by atoms with van der Waals surface area (Å²) in [7, 11) is 2.66. The van der Waals surface area contributed by atoms with Gasteiger partial charge in [-0.3, -0.25) is 9.59 Å². The fourth-order valence-electron chi connectivity index (χ4n) is 4.52. The molecule has 0 bridgehead atoms. The molecule has 3 rings (SSSR count). The van der Waals surface area contributed by atoms with Gasteiger partial charge in [0.1, 0.15) is 53.8 Å². The summed E-state index contributed by atoms with van der Waals surface area (Å²) in [5.74, 6) is -0.166. The summed E-state index contributed by atoms with van der Waals surface area (Å²) in [4.78, 5) is 36.9. The maximum absolute atomic E-state index is 13.2. The number of methoxy groups -OCH3 is 2. The van der Waals surface area contributed by atoms with Crippen molar-refractivity contribution in [1.29, 1.82) is 0 Å². The van der Waals surface area contributed by atoms with Crippen molar-refractivity contribution in [2.75, 3.05) is 40.5 Å². The Kier molecular flexibility index (Phi) is 14.5. The second kappa shape index (κ2) is 18.1. The summed E-state index contributed by atoms with van der Waals surface area (Å²) in [6.45, 7) is 5.41. The maximum atomic E-state index is 13.2.